The first-order valence-electron chi connectivity index (χ1n) is 8.59. The molecule has 2 aromatic rings. The maximum absolute atomic E-state index is 9.55. The lowest BCUT2D eigenvalue weighted by Crippen LogP contribution is -2.46. The lowest BCUT2D eigenvalue weighted by atomic mass is 10.2. The van der Waals surface area contributed by atoms with Crippen molar-refractivity contribution in [3.63, 3.8) is 0 Å². The van der Waals surface area contributed by atoms with Gasteiger partial charge in [-0.15, -0.1) is 0 Å². The van der Waals surface area contributed by atoms with E-state index in [4.69, 9.17) is 16.3 Å². The Balaban J connectivity index is 1.60. The number of aromatic nitrogens is 2. The summed E-state index contributed by atoms with van der Waals surface area (Å²) in [6, 6.07) is 7.08. The van der Waals surface area contributed by atoms with E-state index < -0.39 is 0 Å². The number of phenolic OH excluding ortho intramolecular Hbond substituents is 1. The molecule has 0 aliphatic carbocycles. The van der Waals surface area contributed by atoms with Gasteiger partial charge in [0.05, 0.1) is 22.9 Å². The molecule has 6 nitrogen and oxygen atoms in total. The van der Waals surface area contributed by atoms with Crippen LogP contribution in [0.1, 0.15) is 19.5 Å². The third kappa shape index (κ3) is 4.45. The van der Waals surface area contributed by atoms with Crippen LogP contribution in [0.2, 0.25) is 5.02 Å². The SMILES string of the molecule is Cc1cc(NCCN2CC(C)OC(C)C2)nn1-c1ccc(O)c(Cl)c1. The number of nitrogens with one attached hydrogen (secondary N) is 1. The minimum atomic E-state index is 0.0718. The molecule has 0 bridgehead atoms. The van der Waals surface area contributed by atoms with E-state index in [-0.39, 0.29) is 18.0 Å². The lowest BCUT2D eigenvalue weighted by Gasteiger charge is -2.35. The number of anilines is 1. The third-order valence-electron chi connectivity index (χ3n) is 4.29. The molecular weight excluding hydrogens is 340 g/mol. The first-order valence-corrected chi connectivity index (χ1v) is 8.97. The zero-order valence-electron chi connectivity index (χ0n) is 14.9. The van der Waals surface area contributed by atoms with E-state index in [1.165, 1.54) is 0 Å². The summed E-state index contributed by atoms with van der Waals surface area (Å²) >= 11 is 5.99. The van der Waals surface area contributed by atoms with Crippen LogP contribution in [0.15, 0.2) is 24.3 Å². The molecule has 0 saturated carbocycles. The van der Waals surface area contributed by atoms with Gasteiger partial charge in [-0.2, -0.15) is 5.10 Å². The molecule has 2 atom stereocenters. The molecule has 2 heterocycles. The molecule has 136 valence electrons. The van der Waals surface area contributed by atoms with Crippen LogP contribution in [-0.4, -0.2) is 58.2 Å². The highest BCUT2D eigenvalue weighted by atomic mass is 35.5. The van der Waals surface area contributed by atoms with Crippen LogP contribution >= 0.6 is 11.6 Å². The molecule has 0 amide bonds. The molecule has 3 rings (SSSR count). The molecule has 1 aromatic heterocycles. The average molecular weight is 365 g/mol. The molecule has 1 saturated heterocycles. The van der Waals surface area contributed by atoms with Crippen molar-refractivity contribution in [3.8, 4) is 11.4 Å². The number of ether oxygens (including phenoxy) is 1. The highest BCUT2D eigenvalue weighted by Crippen LogP contribution is 2.26. The van der Waals surface area contributed by atoms with Crippen LogP contribution in [0.4, 0.5) is 5.82 Å². The predicted octanol–water partition coefficient (Wildman–Crippen LogP) is 3.06. The van der Waals surface area contributed by atoms with Crippen LogP contribution in [0, 0.1) is 6.92 Å². The minimum absolute atomic E-state index is 0.0718. The van der Waals surface area contributed by atoms with Crippen LogP contribution in [0.5, 0.6) is 5.75 Å². The molecule has 7 heteroatoms. The second kappa shape index (κ2) is 7.64. The molecule has 25 heavy (non-hydrogen) atoms. The highest BCUT2D eigenvalue weighted by molar-refractivity contribution is 6.32. The number of hydrogen-bond donors (Lipinski definition) is 2. The van der Waals surface area contributed by atoms with Gasteiger partial charge in [0.2, 0.25) is 0 Å². The Hall–Kier alpha value is -1.76. The Bertz CT molecular complexity index is 724. The van der Waals surface area contributed by atoms with Gasteiger partial charge in [0.15, 0.2) is 0 Å². The summed E-state index contributed by atoms with van der Waals surface area (Å²) in [5, 5.41) is 17.8. The number of phenols is 1. The largest absolute Gasteiger partial charge is 0.506 e. The molecule has 1 aliphatic rings. The Morgan fingerprint density at radius 1 is 1.28 bits per heavy atom. The number of rotatable bonds is 5. The van der Waals surface area contributed by atoms with E-state index in [0.717, 1.165) is 43.4 Å². The molecule has 0 radical (unpaired) electrons. The Morgan fingerprint density at radius 2 is 2.00 bits per heavy atom. The van der Waals surface area contributed by atoms with Gasteiger partial charge in [0, 0.05) is 37.9 Å². The van der Waals surface area contributed by atoms with Gasteiger partial charge in [-0.1, -0.05) is 11.6 Å². The number of hydrogen-bond acceptors (Lipinski definition) is 5. The molecule has 2 unspecified atom stereocenters. The molecule has 1 aromatic carbocycles. The number of morpholine rings is 1. The summed E-state index contributed by atoms with van der Waals surface area (Å²) in [4.78, 5) is 2.41. The fourth-order valence-corrected chi connectivity index (χ4v) is 3.43. The smallest absolute Gasteiger partial charge is 0.148 e. The van der Waals surface area contributed by atoms with Gasteiger partial charge in [-0.25, -0.2) is 4.68 Å². The topological polar surface area (TPSA) is 62.5 Å². The summed E-state index contributed by atoms with van der Waals surface area (Å²) in [7, 11) is 0. The van der Waals surface area contributed by atoms with Gasteiger partial charge < -0.3 is 15.2 Å². The first-order chi connectivity index (χ1) is 11.9. The second-order valence-electron chi connectivity index (χ2n) is 6.66. The summed E-state index contributed by atoms with van der Waals surface area (Å²) in [5.41, 5.74) is 1.82. The second-order valence-corrected chi connectivity index (χ2v) is 7.07. The van der Waals surface area contributed by atoms with Crippen molar-refractivity contribution in [2.45, 2.75) is 33.0 Å². The minimum Gasteiger partial charge on any atom is -0.506 e. The van der Waals surface area contributed by atoms with E-state index in [1.807, 2.05) is 17.7 Å². The van der Waals surface area contributed by atoms with E-state index in [2.05, 4.69) is 29.2 Å². The van der Waals surface area contributed by atoms with Crippen LogP contribution < -0.4 is 5.32 Å². The van der Waals surface area contributed by atoms with E-state index in [1.54, 1.807) is 18.2 Å². The number of halogens is 1. The molecule has 1 fully saturated rings. The van der Waals surface area contributed by atoms with Crippen molar-refractivity contribution in [1.29, 1.82) is 0 Å². The van der Waals surface area contributed by atoms with Crippen molar-refractivity contribution < 1.29 is 9.84 Å². The van der Waals surface area contributed by atoms with E-state index >= 15 is 0 Å². The lowest BCUT2D eigenvalue weighted by molar-refractivity contribution is -0.0667. The molecular formula is C18H25ClN4O2. The van der Waals surface area contributed by atoms with Gasteiger partial charge in [0.1, 0.15) is 11.6 Å². The van der Waals surface area contributed by atoms with Crippen molar-refractivity contribution >= 4 is 17.4 Å². The van der Waals surface area contributed by atoms with Crippen molar-refractivity contribution in [2.24, 2.45) is 0 Å². The molecule has 0 spiro atoms. The standard InChI is InChI=1S/C18H25ClN4O2/c1-12-8-18(20-6-7-22-10-13(2)25-14(3)11-22)21-23(12)15-4-5-17(24)16(19)9-15/h4-5,8-9,13-14,24H,6-7,10-11H2,1-3H3,(H,20,21). The fourth-order valence-electron chi connectivity index (χ4n) is 3.26. The Kier molecular flexibility index (Phi) is 5.51. The van der Waals surface area contributed by atoms with Crippen molar-refractivity contribution in [3.05, 3.63) is 35.0 Å². The summed E-state index contributed by atoms with van der Waals surface area (Å²) in [5.74, 6) is 0.901. The van der Waals surface area contributed by atoms with Crippen molar-refractivity contribution in [2.75, 3.05) is 31.5 Å². The predicted molar refractivity (Wildman–Crippen MR) is 99.9 cm³/mol. The van der Waals surface area contributed by atoms with Gasteiger partial charge >= 0.3 is 0 Å². The zero-order chi connectivity index (χ0) is 18.0. The quantitative estimate of drug-likeness (QED) is 0.853. The number of aryl methyl sites for hydroxylation is 1. The zero-order valence-corrected chi connectivity index (χ0v) is 15.6. The average Bonchev–Trinajstić information content (AvgIpc) is 2.90. The summed E-state index contributed by atoms with van der Waals surface area (Å²) in [6.45, 7) is 9.93. The summed E-state index contributed by atoms with van der Waals surface area (Å²) in [6.07, 6.45) is 0.564. The maximum atomic E-state index is 9.55. The normalized spacial score (nSPS) is 21.4. The molecule has 1 aliphatic heterocycles. The Morgan fingerprint density at radius 3 is 2.68 bits per heavy atom. The Labute approximate surface area is 153 Å². The fraction of sp³-hybridized carbons (Fsp3) is 0.500. The van der Waals surface area contributed by atoms with Gasteiger partial charge in [-0.3, -0.25) is 4.90 Å². The first kappa shape index (κ1) is 18.0. The summed E-state index contributed by atoms with van der Waals surface area (Å²) < 4.78 is 7.57. The van der Waals surface area contributed by atoms with Gasteiger partial charge in [0.25, 0.3) is 0 Å². The van der Waals surface area contributed by atoms with Crippen molar-refractivity contribution in [1.82, 2.24) is 14.7 Å². The van der Waals surface area contributed by atoms with Gasteiger partial charge in [-0.05, 0) is 39.0 Å². The number of nitrogens with zero attached hydrogens (tertiary/aromatic N) is 3. The third-order valence-corrected chi connectivity index (χ3v) is 4.60. The number of aromatic hydroxyl groups is 1. The monoisotopic (exact) mass is 364 g/mol. The highest BCUT2D eigenvalue weighted by Gasteiger charge is 2.21. The van der Waals surface area contributed by atoms with Crippen LogP contribution in [0.3, 0.4) is 0 Å². The van der Waals surface area contributed by atoms with E-state index in [9.17, 15) is 5.11 Å². The van der Waals surface area contributed by atoms with Crippen LogP contribution in [0.25, 0.3) is 5.69 Å². The number of benzene rings is 1. The van der Waals surface area contributed by atoms with E-state index in [0.29, 0.717) is 5.02 Å². The maximum Gasteiger partial charge on any atom is 0.148 e. The van der Waals surface area contributed by atoms with Crippen LogP contribution in [-0.2, 0) is 4.74 Å². The molecule has 2 N–H and O–H groups in total.